The molecule has 3 rings (SSSR count). The first-order chi connectivity index (χ1) is 12.2. The smallest absolute Gasteiger partial charge is 0.230 e. The summed E-state index contributed by atoms with van der Waals surface area (Å²) >= 11 is 1.26. The number of rotatable bonds is 6. The summed E-state index contributed by atoms with van der Waals surface area (Å²) in [6.07, 6.45) is 1.62. The zero-order valence-electron chi connectivity index (χ0n) is 13.4. The van der Waals surface area contributed by atoms with E-state index in [1.807, 2.05) is 30.3 Å². The Morgan fingerprint density at radius 3 is 2.76 bits per heavy atom. The first-order valence-electron chi connectivity index (χ1n) is 7.70. The van der Waals surface area contributed by atoms with Crippen LogP contribution < -0.4 is 5.32 Å². The van der Waals surface area contributed by atoms with E-state index in [1.54, 1.807) is 12.1 Å². The molecule has 0 fully saturated rings. The summed E-state index contributed by atoms with van der Waals surface area (Å²) in [7, 11) is 0. The van der Waals surface area contributed by atoms with Crippen LogP contribution in [0.15, 0.2) is 66.2 Å². The van der Waals surface area contributed by atoms with Gasteiger partial charge >= 0.3 is 0 Å². The molecule has 2 aromatic carbocycles. The Labute approximate surface area is 149 Å². The van der Waals surface area contributed by atoms with Gasteiger partial charge in [0.2, 0.25) is 5.91 Å². The van der Waals surface area contributed by atoms with Crippen molar-refractivity contribution in [3.8, 4) is 11.4 Å². The molecule has 6 heteroatoms. The number of hydrogen-bond acceptors (Lipinski definition) is 4. The zero-order valence-corrected chi connectivity index (χ0v) is 14.2. The average Bonchev–Trinajstić information content (AvgIpc) is 2.65. The van der Waals surface area contributed by atoms with Crippen LogP contribution in [0.3, 0.4) is 0 Å². The highest BCUT2D eigenvalue weighted by atomic mass is 32.2. The van der Waals surface area contributed by atoms with Crippen LogP contribution in [0.4, 0.5) is 4.39 Å². The van der Waals surface area contributed by atoms with Crippen LogP contribution in [0.1, 0.15) is 0 Å². The summed E-state index contributed by atoms with van der Waals surface area (Å²) in [4.78, 5) is 20.9. The van der Waals surface area contributed by atoms with Gasteiger partial charge in [-0.1, -0.05) is 48.2 Å². The number of amides is 1. The summed E-state index contributed by atoms with van der Waals surface area (Å²) in [6.45, 7) is 3.97. The van der Waals surface area contributed by atoms with E-state index in [2.05, 4.69) is 21.9 Å². The second-order valence-corrected chi connectivity index (χ2v) is 6.23. The second-order valence-electron chi connectivity index (χ2n) is 5.26. The average molecular weight is 353 g/mol. The third-order valence-electron chi connectivity index (χ3n) is 3.44. The van der Waals surface area contributed by atoms with Crippen molar-refractivity contribution < 1.29 is 9.18 Å². The van der Waals surface area contributed by atoms with E-state index in [1.165, 1.54) is 23.9 Å². The fourth-order valence-corrected chi connectivity index (χ4v) is 3.11. The number of fused-ring (bicyclic) bond motifs is 1. The van der Waals surface area contributed by atoms with Gasteiger partial charge in [-0.05, 0) is 18.2 Å². The number of carbonyl (C=O) groups is 1. The maximum absolute atomic E-state index is 13.7. The largest absolute Gasteiger partial charge is 0.352 e. The van der Waals surface area contributed by atoms with Crippen LogP contribution in [-0.2, 0) is 4.79 Å². The molecule has 0 spiro atoms. The molecule has 3 aromatic rings. The van der Waals surface area contributed by atoms with Gasteiger partial charge in [0.15, 0.2) is 5.82 Å². The molecule has 1 amide bonds. The van der Waals surface area contributed by atoms with Crippen molar-refractivity contribution >= 4 is 28.6 Å². The van der Waals surface area contributed by atoms with Crippen molar-refractivity contribution in [2.45, 2.75) is 5.03 Å². The van der Waals surface area contributed by atoms with E-state index >= 15 is 0 Å². The first kappa shape index (κ1) is 17.1. The number of aromatic nitrogens is 2. The highest BCUT2D eigenvalue weighted by Gasteiger charge is 2.12. The summed E-state index contributed by atoms with van der Waals surface area (Å²) in [5.74, 6) is 0.245. The van der Waals surface area contributed by atoms with Gasteiger partial charge in [0.05, 0.1) is 11.3 Å². The Morgan fingerprint density at radius 1 is 1.20 bits per heavy atom. The number of halogens is 1. The summed E-state index contributed by atoms with van der Waals surface area (Å²) in [5, 5.41) is 3.89. The van der Waals surface area contributed by atoms with Crippen molar-refractivity contribution in [3.05, 3.63) is 67.0 Å². The molecule has 0 aliphatic carbocycles. The van der Waals surface area contributed by atoms with Crippen molar-refractivity contribution in [3.63, 3.8) is 0 Å². The van der Waals surface area contributed by atoms with E-state index in [0.717, 1.165) is 5.56 Å². The van der Waals surface area contributed by atoms with E-state index in [-0.39, 0.29) is 17.5 Å². The van der Waals surface area contributed by atoms with Gasteiger partial charge in [0, 0.05) is 17.5 Å². The standard InChI is InChI=1S/C19H16FN3OS/c1-2-10-21-17(24)12-25-19-15-11-14(20)8-9-16(15)22-18(23-19)13-6-4-3-5-7-13/h2-9,11H,1,10,12H2,(H,21,24). The molecule has 126 valence electrons. The number of nitrogens with one attached hydrogen (secondary N) is 1. The topological polar surface area (TPSA) is 54.9 Å². The van der Waals surface area contributed by atoms with Crippen LogP contribution in [0.2, 0.25) is 0 Å². The van der Waals surface area contributed by atoms with Crippen LogP contribution in [0, 0.1) is 5.82 Å². The molecular weight excluding hydrogens is 337 g/mol. The van der Waals surface area contributed by atoms with Crippen molar-refractivity contribution in [2.75, 3.05) is 12.3 Å². The highest BCUT2D eigenvalue weighted by molar-refractivity contribution is 8.00. The molecule has 0 bridgehead atoms. The Balaban J connectivity index is 1.97. The van der Waals surface area contributed by atoms with Gasteiger partial charge in [-0.25, -0.2) is 14.4 Å². The number of thioether (sulfide) groups is 1. The molecule has 0 saturated heterocycles. The van der Waals surface area contributed by atoms with Gasteiger partial charge in [0.25, 0.3) is 0 Å². The molecule has 25 heavy (non-hydrogen) atoms. The minimum Gasteiger partial charge on any atom is -0.352 e. The zero-order chi connectivity index (χ0) is 17.6. The molecular formula is C19H16FN3OS. The number of benzene rings is 2. The van der Waals surface area contributed by atoms with Gasteiger partial charge in [-0.2, -0.15) is 0 Å². The van der Waals surface area contributed by atoms with Crippen molar-refractivity contribution in [1.29, 1.82) is 0 Å². The van der Waals surface area contributed by atoms with E-state index in [9.17, 15) is 9.18 Å². The van der Waals surface area contributed by atoms with E-state index in [4.69, 9.17) is 0 Å². The van der Waals surface area contributed by atoms with E-state index < -0.39 is 0 Å². The monoisotopic (exact) mass is 353 g/mol. The molecule has 0 radical (unpaired) electrons. The first-order valence-corrected chi connectivity index (χ1v) is 8.69. The Kier molecular flexibility index (Phi) is 5.40. The van der Waals surface area contributed by atoms with Crippen molar-refractivity contribution in [1.82, 2.24) is 15.3 Å². The molecule has 1 aromatic heterocycles. The summed E-state index contributed by atoms with van der Waals surface area (Å²) < 4.78 is 13.7. The van der Waals surface area contributed by atoms with Gasteiger partial charge in [-0.3, -0.25) is 4.79 Å². The molecule has 0 unspecified atom stereocenters. The lowest BCUT2D eigenvalue weighted by Gasteiger charge is -2.09. The highest BCUT2D eigenvalue weighted by Crippen LogP contribution is 2.28. The maximum atomic E-state index is 13.7. The minimum absolute atomic E-state index is 0.130. The molecule has 1 N–H and O–H groups in total. The predicted molar refractivity (Wildman–Crippen MR) is 98.9 cm³/mol. The summed E-state index contributed by atoms with van der Waals surface area (Å²) in [6, 6.07) is 13.9. The van der Waals surface area contributed by atoms with Crippen molar-refractivity contribution in [2.24, 2.45) is 0 Å². The third kappa shape index (κ3) is 4.22. The minimum atomic E-state index is -0.360. The second kappa shape index (κ2) is 7.90. The third-order valence-corrected chi connectivity index (χ3v) is 4.43. The normalized spacial score (nSPS) is 10.6. The van der Waals surface area contributed by atoms with E-state index in [0.29, 0.717) is 28.3 Å². The number of hydrogen-bond donors (Lipinski definition) is 1. The Morgan fingerprint density at radius 2 is 2.00 bits per heavy atom. The lowest BCUT2D eigenvalue weighted by molar-refractivity contribution is -0.118. The van der Waals surface area contributed by atoms with Gasteiger partial charge in [0.1, 0.15) is 10.8 Å². The van der Waals surface area contributed by atoms with Gasteiger partial charge < -0.3 is 5.32 Å². The maximum Gasteiger partial charge on any atom is 0.230 e. The summed E-state index contributed by atoms with van der Waals surface area (Å²) in [5.41, 5.74) is 1.51. The molecule has 4 nitrogen and oxygen atoms in total. The molecule has 0 aliphatic rings. The fraction of sp³-hybridized carbons (Fsp3) is 0.105. The lowest BCUT2D eigenvalue weighted by atomic mass is 10.2. The lowest BCUT2D eigenvalue weighted by Crippen LogP contribution is -2.24. The number of nitrogens with zero attached hydrogens (tertiary/aromatic N) is 2. The fourth-order valence-electron chi connectivity index (χ4n) is 2.27. The molecule has 0 atom stereocenters. The SMILES string of the molecule is C=CCNC(=O)CSc1nc(-c2ccccc2)nc2ccc(F)cc12. The molecule has 0 aliphatic heterocycles. The van der Waals surface area contributed by atoms with Crippen LogP contribution in [0.25, 0.3) is 22.3 Å². The Hall–Kier alpha value is -2.73. The number of carbonyl (C=O) groups excluding carboxylic acids is 1. The van der Waals surface area contributed by atoms with Crippen LogP contribution in [-0.4, -0.2) is 28.2 Å². The Bertz CT molecular complexity index is 915. The quantitative estimate of drug-likeness (QED) is 0.416. The predicted octanol–water partition coefficient (Wildman–Crippen LogP) is 3.83. The van der Waals surface area contributed by atoms with Gasteiger partial charge in [-0.15, -0.1) is 6.58 Å². The molecule has 1 heterocycles. The molecule has 0 saturated carbocycles. The van der Waals surface area contributed by atoms with Crippen LogP contribution in [0.5, 0.6) is 0 Å². The van der Waals surface area contributed by atoms with Crippen LogP contribution >= 0.6 is 11.8 Å².